The molecule has 0 spiro atoms. The van der Waals surface area contributed by atoms with Gasteiger partial charge in [-0.05, 0) is 13.3 Å². The Kier molecular flexibility index (Phi) is 5.16. The van der Waals surface area contributed by atoms with E-state index in [1.807, 2.05) is 0 Å². The molecule has 0 aliphatic carbocycles. The van der Waals surface area contributed by atoms with Crippen molar-refractivity contribution in [3.63, 3.8) is 0 Å². The maximum atomic E-state index is 11.6. The monoisotopic (exact) mass is 220 g/mol. The second-order valence-electron chi connectivity index (χ2n) is 3.98. The minimum absolute atomic E-state index is 0.414. The van der Waals surface area contributed by atoms with Gasteiger partial charge in [-0.1, -0.05) is 6.92 Å². The fourth-order valence-electron chi connectivity index (χ4n) is 0.813. The summed E-state index contributed by atoms with van der Waals surface area (Å²) in [4.78, 5) is 11.6. The average Bonchev–Trinajstić information content (AvgIpc) is 2.25. The van der Waals surface area contributed by atoms with Crippen molar-refractivity contribution >= 4 is 5.91 Å². The molecular formula is C9H20N2O4. The summed E-state index contributed by atoms with van der Waals surface area (Å²) in [6.07, 6.45) is 0.414. The SMILES string of the molecule is CCC(C)(N)C(=O)NC(CO)(CO)CO. The largest absolute Gasteiger partial charge is 0.394 e. The predicted molar refractivity (Wildman–Crippen MR) is 55.0 cm³/mol. The molecule has 15 heavy (non-hydrogen) atoms. The van der Waals surface area contributed by atoms with Gasteiger partial charge >= 0.3 is 0 Å². The Labute approximate surface area is 89.1 Å². The lowest BCUT2D eigenvalue weighted by Crippen LogP contribution is -2.63. The van der Waals surface area contributed by atoms with E-state index >= 15 is 0 Å². The first-order valence-corrected chi connectivity index (χ1v) is 4.81. The molecule has 0 aromatic carbocycles. The number of hydrogen-bond acceptors (Lipinski definition) is 5. The maximum Gasteiger partial charge on any atom is 0.240 e. The molecule has 0 aliphatic rings. The maximum absolute atomic E-state index is 11.6. The molecule has 6 nitrogen and oxygen atoms in total. The summed E-state index contributed by atoms with van der Waals surface area (Å²) in [6, 6.07) is 0. The average molecular weight is 220 g/mol. The number of aliphatic hydroxyl groups is 3. The fourth-order valence-corrected chi connectivity index (χ4v) is 0.813. The zero-order valence-corrected chi connectivity index (χ0v) is 9.16. The van der Waals surface area contributed by atoms with Crippen LogP contribution in [0.1, 0.15) is 20.3 Å². The molecule has 0 bridgehead atoms. The van der Waals surface area contributed by atoms with Crippen LogP contribution < -0.4 is 11.1 Å². The number of carbonyl (C=O) groups excluding carboxylic acids is 1. The van der Waals surface area contributed by atoms with Gasteiger partial charge in [0.1, 0.15) is 5.54 Å². The van der Waals surface area contributed by atoms with E-state index in [2.05, 4.69) is 5.32 Å². The highest BCUT2D eigenvalue weighted by molar-refractivity contribution is 5.86. The van der Waals surface area contributed by atoms with E-state index in [0.717, 1.165) is 0 Å². The zero-order chi connectivity index (χ0) is 12.1. The van der Waals surface area contributed by atoms with Crippen molar-refractivity contribution in [2.75, 3.05) is 19.8 Å². The van der Waals surface area contributed by atoms with Crippen LogP contribution in [0.15, 0.2) is 0 Å². The van der Waals surface area contributed by atoms with Crippen LogP contribution in [0.5, 0.6) is 0 Å². The Morgan fingerprint density at radius 2 is 1.67 bits per heavy atom. The second-order valence-corrected chi connectivity index (χ2v) is 3.98. The number of carbonyl (C=O) groups is 1. The van der Waals surface area contributed by atoms with Gasteiger partial charge in [-0.15, -0.1) is 0 Å². The number of nitrogens with one attached hydrogen (secondary N) is 1. The number of aliphatic hydroxyl groups excluding tert-OH is 3. The molecule has 0 fully saturated rings. The van der Waals surface area contributed by atoms with Gasteiger partial charge in [-0.25, -0.2) is 0 Å². The Morgan fingerprint density at radius 3 is 1.93 bits per heavy atom. The lowest BCUT2D eigenvalue weighted by molar-refractivity contribution is -0.130. The van der Waals surface area contributed by atoms with E-state index in [1.165, 1.54) is 0 Å². The Morgan fingerprint density at radius 1 is 1.27 bits per heavy atom. The van der Waals surface area contributed by atoms with Gasteiger partial charge in [0.05, 0.1) is 25.4 Å². The molecule has 0 aromatic heterocycles. The number of hydrogen-bond donors (Lipinski definition) is 5. The van der Waals surface area contributed by atoms with Crippen LogP contribution in [0.3, 0.4) is 0 Å². The zero-order valence-electron chi connectivity index (χ0n) is 9.16. The molecule has 90 valence electrons. The Bertz CT molecular complexity index is 206. The van der Waals surface area contributed by atoms with Gasteiger partial charge in [0.2, 0.25) is 5.91 Å². The molecule has 6 heteroatoms. The van der Waals surface area contributed by atoms with Gasteiger partial charge in [-0.2, -0.15) is 0 Å². The lowest BCUT2D eigenvalue weighted by atomic mass is 9.96. The van der Waals surface area contributed by atoms with Gasteiger partial charge in [0, 0.05) is 0 Å². The first-order valence-electron chi connectivity index (χ1n) is 4.81. The summed E-state index contributed by atoms with van der Waals surface area (Å²) < 4.78 is 0. The van der Waals surface area contributed by atoms with Crippen molar-refractivity contribution in [1.82, 2.24) is 5.32 Å². The number of amides is 1. The third-order valence-corrected chi connectivity index (χ3v) is 2.54. The molecule has 0 rings (SSSR count). The summed E-state index contributed by atoms with van der Waals surface area (Å²) in [5.41, 5.74) is 3.19. The fraction of sp³-hybridized carbons (Fsp3) is 0.889. The van der Waals surface area contributed by atoms with E-state index in [9.17, 15) is 4.79 Å². The topological polar surface area (TPSA) is 116 Å². The van der Waals surface area contributed by atoms with Crippen LogP contribution in [0.2, 0.25) is 0 Å². The second kappa shape index (κ2) is 5.41. The lowest BCUT2D eigenvalue weighted by Gasteiger charge is -2.32. The summed E-state index contributed by atoms with van der Waals surface area (Å²) >= 11 is 0. The minimum Gasteiger partial charge on any atom is -0.394 e. The minimum atomic E-state index is -1.41. The van der Waals surface area contributed by atoms with Crippen LogP contribution in [-0.4, -0.2) is 52.1 Å². The smallest absolute Gasteiger partial charge is 0.240 e. The van der Waals surface area contributed by atoms with Crippen LogP contribution >= 0.6 is 0 Å². The van der Waals surface area contributed by atoms with Gasteiger partial charge in [0.15, 0.2) is 0 Å². The quantitative estimate of drug-likeness (QED) is 0.353. The Balaban J connectivity index is 4.62. The number of nitrogens with two attached hydrogens (primary N) is 1. The summed E-state index contributed by atoms with van der Waals surface area (Å²) in [5.74, 6) is -0.512. The molecule has 0 aromatic rings. The van der Waals surface area contributed by atoms with E-state index in [-0.39, 0.29) is 0 Å². The van der Waals surface area contributed by atoms with Gasteiger partial charge in [0.25, 0.3) is 0 Å². The molecular weight excluding hydrogens is 200 g/mol. The summed E-state index contributed by atoms with van der Waals surface area (Å²) in [5, 5.41) is 29.3. The van der Waals surface area contributed by atoms with Crippen LogP contribution in [0, 0.1) is 0 Å². The van der Waals surface area contributed by atoms with Crippen LogP contribution in [0.4, 0.5) is 0 Å². The van der Waals surface area contributed by atoms with Crippen molar-refractivity contribution in [2.45, 2.75) is 31.3 Å². The molecule has 0 radical (unpaired) electrons. The van der Waals surface area contributed by atoms with E-state index in [0.29, 0.717) is 6.42 Å². The van der Waals surface area contributed by atoms with Crippen molar-refractivity contribution in [3.8, 4) is 0 Å². The third kappa shape index (κ3) is 3.42. The van der Waals surface area contributed by atoms with Crippen molar-refractivity contribution < 1.29 is 20.1 Å². The van der Waals surface area contributed by atoms with Gasteiger partial charge < -0.3 is 26.4 Å². The molecule has 0 heterocycles. The molecule has 1 unspecified atom stereocenters. The predicted octanol–water partition coefficient (Wildman–Crippen LogP) is -2.05. The van der Waals surface area contributed by atoms with Gasteiger partial charge in [-0.3, -0.25) is 4.79 Å². The highest BCUT2D eigenvalue weighted by Gasteiger charge is 2.35. The first kappa shape index (κ1) is 14.3. The van der Waals surface area contributed by atoms with Crippen molar-refractivity contribution in [2.24, 2.45) is 5.73 Å². The third-order valence-electron chi connectivity index (χ3n) is 2.54. The summed E-state index contributed by atoms with van der Waals surface area (Å²) in [6.45, 7) is 1.64. The van der Waals surface area contributed by atoms with Crippen LogP contribution in [-0.2, 0) is 4.79 Å². The van der Waals surface area contributed by atoms with Crippen LogP contribution in [0.25, 0.3) is 0 Å². The molecule has 6 N–H and O–H groups in total. The normalized spacial score (nSPS) is 15.9. The van der Waals surface area contributed by atoms with E-state index < -0.39 is 36.8 Å². The first-order chi connectivity index (χ1) is 6.87. The molecule has 1 amide bonds. The van der Waals surface area contributed by atoms with E-state index in [1.54, 1.807) is 13.8 Å². The molecule has 0 aliphatic heterocycles. The molecule has 1 atom stereocenters. The van der Waals surface area contributed by atoms with Crippen molar-refractivity contribution in [3.05, 3.63) is 0 Å². The van der Waals surface area contributed by atoms with Crippen molar-refractivity contribution in [1.29, 1.82) is 0 Å². The number of rotatable bonds is 6. The molecule has 0 saturated carbocycles. The standard InChI is InChI=1S/C9H20N2O4/c1-3-8(2,10)7(15)11-9(4-12,5-13)6-14/h12-14H,3-6,10H2,1-2H3,(H,11,15). The summed E-state index contributed by atoms with van der Waals surface area (Å²) in [7, 11) is 0. The highest BCUT2D eigenvalue weighted by Crippen LogP contribution is 2.09. The Hall–Kier alpha value is -0.690. The highest BCUT2D eigenvalue weighted by atomic mass is 16.3. The van der Waals surface area contributed by atoms with E-state index in [4.69, 9.17) is 21.1 Å². The molecule has 0 saturated heterocycles.